The van der Waals surface area contributed by atoms with Crippen molar-refractivity contribution >= 4 is 23.0 Å². The SMILES string of the molecule is NC(=O)c1cc(-c2ncnn3cccc23)cn1-c1cc(C(F)(F)F)ccc1Cl. The quantitative estimate of drug-likeness (QED) is 0.560. The van der Waals surface area contributed by atoms with Crippen LogP contribution in [-0.2, 0) is 6.18 Å². The number of halogens is 4. The maximum absolute atomic E-state index is 13.1. The average molecular weight is 406 g/mol. The van der Waals surface area contributed by atoms with Gasteiger partial charge in [0.1, 0.15) is 12.0 Å². The van der Waals surface area contributed by atoms with Crippen molar-refractivity contribution in [2.45, 2.75) is 6.18 Å². The second-order valence-electron chi connectivity index (χ2n) is 5.96. The fourth-order valence-electron chi connectivity index (χ4n) is 2.94. The van der Waals surface area contributed by atoms with Crippen LogP contribution in [0, 0.1) is 0 Å². The Balaban J connectivity index is 1.94. The van der Waals surface area contributed by atoms with Gasteiger partial charge in [0.2, 0.25) is 0 Å². The van der Waals surface area contributed by atoms with Crippen LogP contribution in [0.3, 0.4) is 0 Å². The molecular weight excluding hydrogens is 395 g/mol. The number of benzene rings is 1. The molecular formula is C18H11ClF3N5O. The number of fused-ring (bicyclic) bond motifs is 1. The summed E-state index contributed by atoms with van der Waals surface area (Å²) in [5.74, 6) is -0.819. The Kier molecular flexibility index (Phi) is 4.11. The van der Waals surface area contributed by atoms with Crippen molar-refractivity contribution < 1.29 is 18.0 Å². The first-order valence-electron chi connectivity index (χ1n) is 7.94. The molecule has 0 radical (unpaired) electrons. The molecule has 0 saturated heterocycles. The maximum Gasteiger partial charge on any atom is 0.416 e. The Hall–Kier alpha value is -3.33. The molecule has 3 aromatic heterocycles. The number of hydrogen-bond donors (Lipinski definition) is 1. The van der Waals surface area contributed by atoms with Crippen LogP contribution in [0.15, 0.2) is 55.1 Å². The van der Waals surface area contributed by atoms with E-state index in [0.29, 0.717) is 16.8 Å². The van der Waals surface area contributed by atoms with Gasteiger partial charge in [0, 0.05) is 18.0 Å². The predicted octanol–water partition coefficient (Wildman–Crippen LogP) is 3.96. The summed E-state index contributed by atoms with van der Waals surface area (Å²) in [6.45, 7) is 0. The first-order chi connectivity index (χ1) is 13.3. The molecule has 0 atom stereocenters. The normalized spacial score (nSPS) is 11.9. The molecule has 0 aliphatic heterocycles. The third kappa shape index (κ3) is 2.99. The first-order valence-corrected chi connectivity index (χ1v) is 8.31. The topological polar surface area (TPSA) is 78.2 Å². The van der Waals surface area contributed by atoms with Gasteiger partial charge in [0.25, 0.3) is 5.91 Å². The molecule has 0 fully saturated rings. The van der Waals surface area contributed by atoms with Gasteiger partial charge in [0.05, 0.1) is 27.5 Å². The van der Waals surface area contributed by atoms with Crippen molar-refractivity contribution in [2.75, 3.05) is 0 Å². The molecule has 6 nitrogen and oxygen atoms in total. The number of alkyl halides is 3. The summed E-state index contributed by atoms with van der Waals surface area (Å²) in [5, 5.41) is 4.10. The van der Waals surface area contributed by atoms with Crippen LogP contribution >= 0.6 is 11.6 Å². The third-order valence-corrected chi connectivity index (χ3v) is 4.53. The van der Waals surface area contributed by atoms with Gasteiger partial charge in [-0.3, -0.25) is 4.79 Å². The summed E-state index contributed by atoms with van der Waals surface area (Å²) in [4.78, 5) is 16.2. The Morgan fingerprint density at radius 2 is 1.96 bits per heavy atom. The molecule has 0 bridgehead atoms. The first kappa shape index (κ1) is 18.1. The number of rotatable bonds is 3. The maximum atomic E-state index is 13.1. The number of hydrogen-bond acceptors (Lipinski definition) is 3. The summed E-state index contributed by atoms with van der Waals surface area (Å²) < 4.78 is 42.2. The van der Waals surface area contributed by atoms with Gasteiger partial charge >= 0.3 is 6.18 Å². The fraction of sp³-hybridized carbons (Fsp3) is 0.0556. The van der Waals surface area contributed by atoms with Crippen molar-refractivity contribution in [2.24, 2.45) is 5.73 Å². The van der Waals surface area contributed by atoms with Crippen LogP contribution in [-0.4, -0.2) is 25.1 Å². The van der Waals surface area contributed by atoms with Gasteiger partial charge in [-0.2, -0.15) is 18.3 Å². The lowest BCUT2D eigenvalue weighted by Crippen LogP contribution is -2.16. The monoisotopic (exact) mass is 405 g/mol. The van der Waals surface area contributed by atoms with E-state index in [4.69, 9.17) is 17.3 Å². The highest BCUT2D eigenvalue weighted by atomic mass is 35.5. The molecule has 4 rings (SSSR count). The number of nitrogens with two attached hydrogens (primary N) is 1. The molecule has 0 saturated carbocycles. The lowest BCUT2D eigenvalue weighted by Gasteiger charge is -2.13. The average Bonchev–Trinajstić information content (AvgIpc) is 3.28. The van der Waals surface area contributed by atoms with E-state index in [1.54, 1.807) is 22.8 Å². The molecule has 10 heteroatoms. The highest BCUT2D eigenvalue weighted by Gasteiger charge is 2.31. The molecule has 0 aliphatic rings. The number of primary amides is 1. The van der Waals surface area contributed by atoms with E-state index in [-0.39, 0.29) is 16.4 Å². The highest BCUT2D eigenvalue weighted by Crippen LogP contribution is 2.35. The van der Waals surface area contributed by atoms with Crippen LogP contribution in [0.2, 0.25) is 5.02 Å². The summed E-state index contributed by atoms with van der Waals surface area (Å²) >= 11 is 6.12. The van der Waals surface area contributed by atoms with E-state index in [2.05, 4.69) is 10.1 Å². The van der Waals surface area contributed by atoms with Crippen LogP contribution < -0.4 is 5.73 Å². The standard InChI is InChI=1S/C18H11ClF3N5O/c19-12-4-3-11(18(20,21)22)7-14(12)26-8-10(6-15(26)17(23)28)16-13-2-1-5-27(13)25-9-24-16/h1-9H,(H2,23,28). The zero-order valence-electron chi connectivity index (χ0n) is 14.0. The van der Waals surface area contributed by atoms with E-state index < -0.39 is 17.6 Å². The molecule has 0 unspecified atom stereocenters. The minimum Gasteiger partial charge on any atom is -0.364 e. The fourth-order valence-corrected chi connectivity index (χ4v) is 3.15. The molecule has 2 N–H and O–H groups in total. The Morgan fingerprint density at radius 3 is 2.68 bits per heavy atom. The highest BCUT2D eigenvalue weighted by molar-refractivity contribution is 6.32. The van der Waals surface area contributed by atoms with E-state index in [0.717, 1.165) is 18.2 Å². The number of carbonyl (C=O) groups is 1. The number of nitrogens with zero attached hydrogens (tertiary/aromatic N) is 4. The Bertz CT molecular complexity index is 1210. The molecule has 1 aromatic carbocycles. The third-order valence-electron chi connectivity index (χ3n) is 4.21. The van der Waals surface area contributed by atoms with Gasteiger partial charge < -0.3 is 10.3 Å². The predicted molar refractivity (Wildman–Crippen MR) is 96.3 cm³/mol. The smallest absolute Gasteiger partial charge is 0.364 e. The summed E-state index contributed by atoms with van der Waals surface area (Å²) in [7, 11) is 0. The summed E-state index contributed by atoms with van der Waals surface area (Å²) in [5.41, 5.74) is 6.14. The number of amides is 1. The van der Waals surface area contributed by atoms with Crippen LogP contribution in [0.5, 0.6) is 0 Å². The van der Waals surface area contributed by atoms with E-state index in [9.17, 15) is 18.0 Å². The van der Waals surface area contributed by atoms with E-state index >= 15 is 0 Å². The van der Waals surface area contributed by atoms with Crippen LogP contribution in [0.1, 0.15) is 16.1 Å². The van der Waals surface area contributed by atoms with Crippen molar-refractivity contribution in [1.29, 1.82) is 0 Å². The minimum atomic E-state index is -4.56. The van der Waals surface area contributed by atoms with E-state index in [1.807, 2.05) is 0 Å². The molecule has 4 aromatic rings. The van der Waals surface area contributed by atoms with E-state index in [1.165, 1.54) is 23.2 Å². The van der Waals surface area contributed by atoms with Gasteiger partial charge in [0.15, 0.2) is 0 Å². The molecule has 0 spiro atoms. The van der Waals surface area contributed by atoms with Crippen LogP contribution in [0.4, 0.5) is 13.2 Å². The van der Waals surface area contributed by atoms with Gasteiger partial charge in [-0.05, 0) is 36.4 Å². The van der Waals surface area contributed by atoms with Gasteiger partial charge in [-0.25, -0.2) is 9.50 Å². The van der Waals surface area contributed by atoms with Crippen molar-refractivity contribution in [1.82, 2.24) is 19.2 Å². The Morgan fingerprint density at radius 1 is 1.18 bits per heavy atom. The largest absolute Gasteiger partial charge is 0.416 e. The van der Waals surface area contributed by atoms with Crippen molar-refractivity contribution in [3.8, 4) is 16.9 Å². The zero-order valence-corrected chi connectivity index (χ0v) is 14.7. The lowest BCUT2D eigenvalue weighted by molar-refractivity contribution is -0.137. The second-order valence-corrected chi connectivity index (χ2v) is 6.37. The molecule has 0 aliphatic carbocycles. The van der Waals surface area contributed by atoms with Crippen molar-refractivity contribution in [3.63, 3.8) is 0 Å². The lowest BCUT2D eigenvalue weighted by atomic mass is 10.2. The minimum absolute atomic E-state index is 0.0167. The van der Waals surface area contributed by atoms with Crippen LogP contribution in [0.25, 0.3) is 22.5 Å². The summed E-state index contributed by atoms with van der Waals surface area (Å²) in [6.07, 6.45) is -0.0409. The van der Waals surface area contributed by atoms with Gasteiger partial charge in [-0.1, -0.05) is 11.6 Å². The number of aromatic nitrogens is 4. The summed E-state index contributed by atoms with van der Waals surface area (Å²) in [6, 6.07) is 7.85. The Labute approximate surface area is 161 Å². The molecule has 1 amide bonds. The second kappa shape index (κ2) is 6.38. The molecule has 28 heavy (non-hydrogen) atoms. The molecule has 142 valence electrons. The number of carbonyl (C=O) groups excluding carboxylic acids is 1. The molecule has 3 heterocycles. The van der Waals surface area contributed by atoms with Crippen molar-refractivity contribution in [3.05, 3.63) is 71.4 Å². The van der Waals surface area contributed by atoms with Gasteiger partial charge in [-0.15, -0.1) is 0 Å². The zero-order chi connectivity index (χ0) is 20.1.